The summed E-state index contributed by atoms with van der Waals surface area (Å²) in [6.45, 7) is 2.95. The summed E-state index contributed by atoms with van der Waals surface area (Å²) in [7, 11) is 1.96. The molecule has 0 saturated heterocycles. The standard InChI is InChI=1S/C12H15N5S/c1-3-13-10-8-6-18-7-9(8)15-11(16-10)12-14-4-5-17(12)2/h4-5H,3,6-7H2,1-2H3,(H,13,15,16). The third-order valence-corrected chi connectivity index (χ3v) is 3.91. The Bertz CT molecular complexity index is 578. The number of nitrogens with one attached hydrogen (secondary N) is 1. The third-order valence-electron chi connectivity index (χ3n) is 2.94. The van der Waals surface area contributed by atoms with Gasteiger partial charge in [0.25, 0.3) is 0 Å². The van der Waals surface area contributed by atoms with E-state index in [1.54, 1.807) is 6.20 Å². The van der Waals surface area contributed by atoms with Crippen LogP contribution in [0.4, 0.5) is 5.82 Å². The molecule has 0 fully saturated rings. The number of imidazole rings is 1. The molecule has 0 bridgehead atoms. The minimum absolute atomic E-state index is 0.708. The number of fused-ring (bicyclic) bond motifs is 1. The van der Waals surface area contributed by atoms with Crippen molar-refractivity contribution in [2.45, 2.75) is 18.4 Å². The second-order valence-electron chi connectivity index (χ2n) is 4.21. The molecule has 0 atom stereocenters. The van der Waals surface area contributed by atoms with Gasteiger partial charge in [-0.1, -0.05) is 0 Å². The Morgan fingerprint density at radius 1 is 1.39 bits per heavy atom. The highest BCUT2D eigenvalue weighted by Crippen LogP contribution is 2.34. The maximum Gasteiger partial charge on any atom is 0.198 e. The number of nitrogens with zero attached hydrogens (tertiary/aromatic N) is 4. The fourth-order valence-corrected chi connectivity index (χ4v) is 3.09. The number of thioether (sulfide) groups is 1. The maximum absolute atomic E-state index is 4.64. The van der Waals surface area contributed by atoms with Crippen molar-refractivity contribution in [2.24, 2.45) is 7.05 Å². The number of rotatable bonds is 3. The fraction of sp³-hybridized carbons (Fsp3) is 0.417. The zero-order valence-corrected chi connectivity index (χ0v) is 11.3. The number of hydrogen-bond acceptors (Lipinski definition) is 5. The van der Waals surface area contributed by atoms with Crippen LogP contribution in [0, 0.1) is 0 Å². The fourth-order valence-electron chi connectivity index (χ4n) is 2.05. The van der Waals surface area contributed by atoms with E-state index in [-0.39, 0.29) is 0 Å². The van der Waals surface area contributed by atoms with Gasteiger partial charge in [0.1, 0.15) is 5.82 Å². The van der Waals surface area contributed by atoms with E-state index in [1.807, 2.05) is 29.6 Å². The molecule has 3 rings (SSSR count). The number of aromatic nitrogens is 4. The van der Waals surface area contributed by atoms with Crippen molar-refractivity contribution in [2.75, 3.05) is 11.9 Å². The first-order valence-corrected chi connectivity index (χ1v) is 7.14. The Labute approximate surface area is 110 Å². The van der Waals surface area contributed by atoms with Crippen LogP contribution in [0.3, 0.4) is 0 Å². The SMILES string of the molecule is CCNc1nc(-c2nccn2C)nc2c1CSC2. The summed E-state index contributed by atoms with van der Waals surface area (Å²) in [4.78, 5) is 13.6. The van der Waals surface area contributed by atoms with Crippen LogP contribution in [0.1, 0.15) is 18.2 Å². The topological polar surface area (TPSA) is 55.6 Å². The van der Waals surface area contributed by atoms with E-state index in [1.165, 1.54) is 5.56 Å². The smallest absolute Gasteiger partial charge is 0.198 e. The highest BCUT2D eigenvalue weighted by Gasteiger charge is 2.21. The molecule has 0 aliphatic carbocycles. The molecule has 1 aliphatic heterocycles. The van der Waals surface area contributed by atoms with Gasteiger partial charge >= 0.3 is 0 Å². The molecule has 5 nitrogen and oxygen atoms in total. The molecule has 0 spiro atoms. The van der Waals surface area contributed by atoms with Gasteiger partial charge in [0.2, 0.25) is 0 Å². The summed E-state index contributed by atoms with van der Waals surface area (Å²) >= 11 is 1.88. The van der Waals surface area contributed by atoms with Gasteiger partial charge in [-0.15, -0.1) is 0 Å². The lowest BCUT2D eigenvalue weighted by Gasteiger charge is -2.10. The second-order valence-corrected chi connectivity index (χ2v) is 5.19. The summed E-state index contributed by atoms with van der Waals surface area (Å²) in [5.74, 6) is 4.45. The van der Waals surface area contributed by atoms with Crippen LogP contribution >= 0.6 is 11.8 Å². The Balaban J connectivity index is 2.12. The molecule has 1 N–H and O–H groups in total. The molecule has 1 aliphatic rings. The van der Waals surface area contributed by atoms with Crippen molar-refractivity contribution in [3.05, 3.63) is 23.7 Å². The molecule has 0 radical (unpaired) electrons. The first-order chi connectivity index (χ1) is 8.79. The van der Waals surface area contributed by atoms with Gasteiger partial charge in [-0.25, -0.2) is 15.0 Å². The monoisotopic (exact) mass is 261 g/mol. The molecule has 6 heteroatoms. The highest BCUT2D eigenvalue weighted by molar-refractivity contribution is 7.98. The third kappa shape index (κ3) is 1.86. The van der Waals surface area contributed by atoms with E-state index < -0.39 is 0 Å². The molecule has 0 aromatic carbocycles. The first-order valence-electron chi connectivity index (χ1n) is 5.98. The Hall–Kier alpha value is -1.56. The normalized spacial score (nSPS) is 13.7. The number of anilines is 1. The van der Waals surface area contributed by atoms with Gasteiger partial charge in [-0.3, -0.25) is 0 Å². The Morgan fingerprint density at radius 2 is 2.28 bits per heavy atom. The van der Waals surface area contributed by atoms with E-state index in [2.05, 4.69) is 27.2 Å². The van der Waals surface area contributed by atoms with E-state index in [0.717, 1.165) is 35.4 Å². The minimum Gasteiger partial charge on any atom is -0.370 e. The summed E-state index contributed by atoms with van der Waals surface area (Å²) < 4.78 is 1.94. The van der Waals surface area contributed by atoms with E-state index in [4.69, 9.17) is 0 Å². The largest absolute Gasteiger partial charge is 0.370 e. The summed E-state index contributed by atoms with van der Waals surface area (Å²) in [6.07, 6.45) is 3.68. The molecule has 0 unspecified atom stereocenters. The van der Waals surface area contributed by atoms with Crippen molar-refractivity contribution in [1.82, 2.24) is 19.5 Å². The molecule has 0 amide bonds. The minimum atomic E-state index is 0.708. The molecule has 2 aromatic heterocycles. The molecule has 3 heterocycles. The predicted molar refractivity (Wildman–Crippen MR) is 73.4 cm³/mol. The maximum atomic E-state index is 4.64. The van der Waals surface area contributed by atoms with Gasteiger partial charge < -0.3 is 9.88 Å². The van der Waals surface area contributed by atoms with Crippen LogP contribution in [0.15, 0.2) is 12.4 Å². The van der Waals surface area contributed by atoms with Crippen molar-refractivity contribution in [1.29, 1.82) is 0 Å². The number of hydrogen-bond donors (Lipinski definition) is 1. The van der Waals surface area contributed by atoms with Crippen molar-refractivity contribution < 1.29 is 0 Å². The van der Waals surface area contributed by atoms with Crippen LogP contribution in [0.25, 0.3) is 11.6 Å². The van der Waals surface area contributed by atoms with Gasteiger partial charge in [0.15, 0.2) is 11.6 Å². The van der Waals surface area contributed by atoms with Gasteiger partial charge in [-0.2, -0.15) is 11.8 Å². The molecule has 94 valence electrons. The molecular weight excluding hydrogens is 246 g/mol. The average molecular weight is 261 g/mol. The first kappa shape index (κ1) is 11.5. The van der Waals surface area contributed by atoms with Crippen LogP contribution in [-0.2, 0) is 18.6 Å². The van der Waals surface area contributed by atoms with Crippen LogP contribution < -0.4 is 5.32 Å². The zero-order chi connectivity index (χ0) is 12.5. The van der Waals surface area contributed by atoms with Crippen molar-refractivity contribution in [3.8, 4) is 11.6 Å². The van der Waals surface area contributed by atoms with Crippen LogP contribution in [-0.4, -0.2) is 26.1 Å². The summed E-state index contributed by atoms with van der Waals surface area (Å²) in [6, 6.07) is 0. The molecular formula is C12H15N5S. The summed E-state index contributed by atoms with van der Waals surface area (Å²) in [5.41, 5.74) is 2.39. The van der Waals surface area contributed by atoms with Crippen LogP contribution in [0.2, 0.25) is 0 Å². The van der Waals surface area contributed by atoms with E-state index in [9.17, 15) is 0 Å². The Morgan fingerprint density at radius 3 is 3.00 bits per heavy atom. The van der Waals surface area contributed by atoms with Gasteiger partial charge in [0.05, 0.1) is 5.69 Å². The van der Waals surface area contributed by atoms with E-state index in [0.29, 0.717) is 5.82 Å². The Kier molecular flexibility index (Phi) is 2.95. The summed E-state index contributed by atoms with van der Waals surface area (Å²) in [5, 5.41) is 3.33. The van der Waals surface area contributed by atoms with Crippen molar-refractivity contribution >= 4 is 17.6 Å². The van der Waals surface area contributed by atoms with Gasteiger partial charge in [-0.05, 0) is 6.92 Å². The second kappa shape index (κ2) is 4.61. The lowest BCUT2D eigenvalue weighted by Crippen LogP contribution is -2.08. The predicted octanol–water partition coefficient (Wildman–Crippen LogP) is 2.06. The lowest BCUT2D eigenvalue weighted by molar-refractivity contribution is 0.899. The quantitative estimate of drug-likeness (QED) is 0.916. The molecule has 0 saturated carbocycles. The van der Waals surface area contributed by atoms with E-state index >= 15 is 0 Å². The lowest BCUT2D eigenvalue weighted by atomic mass is 10.2. The molecule has 18 heavy (non-hydrogen) atoms. The average Bonchev–Trinajstić information content (AvgIpc) is 2.97. The van der Waals surface area contributed by atoms with Gasteiger partial charge in [0, 0.05) is 43.1 Å². The van der Waals surface area contributed by atoms with Crippen LogP contribution in [0.5, 0.6) is 0 Å². The van der Waals surface area contributed by atoms with Crippen molar-refractivity contribution in [3.63, 3.8) is 0 Å². The highest BCUT2D eigenvalue weighted by atomic mass is 32.2. The molecule has 2 aromatic rings. The number of aryl methyl sites for hydroxylation is 1. The zero-order valence-electron chi connectivity index (χ0n) is 10.5.